The third-order valence-electron chi connectivity index (χ3n) is 2.72. The molecule has 0 radical (unpaired) electrons. The van der Waals surface area contributed by atoms with Crippen LogP contribution in [0, 0.1) is 6.92 Å². The first-order chi connectivity index (χ1) is 8.13. The average molecular weight is 232 g/mol. The van der Waals surface area contributed by atoms with Crippen LogP contribution in [-0.4, -0.2) is 21.9 Å². The Morgan fingerprint density at radius 1 is 1.35 bits per heavy atom. The molecule has 0 bridgehead atoms. The molecule has 5 nitrogen and oxygen atoms in total. The van der Waals surface area contributed by atoms with E-state index in [9.17, 15) is 0 Å². The summed E-state index contributed by atoms with van der Waals surface area (Å²) in [7, 11) is 3.46. The highest BCUT2D eigenvalue weighted by atomic mass is 16.5. The van der Waals surface area contributed by atoms with Crippen molar-refractivity contribution in [2.24, 2.45) is 12.8 Å². The lowest BCUT2D eigenvalue weighted by Gasteiger charge is -2.14. The highest BCUT2D eigenvalue weighted by Crippen LogP contribution is 2.27. The smallest absolute Gasteiger partial charge is 0.161 e. The summed E-state index contributed by atoms with van der Waals surface area (Å²) in [5.74, 6) is 0.696. The van der Waals surface area contributed by atoms with Gasteiger partial charge in [-0.05, 0) is 18.1 Å². The zero-order valence-corrected chi connectivity index (χ0v) is 10.2. The highest BCUT2D eigenvalue weighted by molar-refractivity contribution is 5.35. The van der Waals surface area contributed by atoms with E-state index in [1.807, 2.05) is 20.0 Å². The maximum atomic E-state index is 6.23. The molecule has 90 valence electrons. The number of aryl methyl sites for hydroxylation is 2. The summed E-state index contributed by atoms with van der Waals surface area (Å²) in [5, 5.41) is 4.15. The van der Waals surface area contributed by atoms with Crippen molar-refractivity contribution in [3.8, 4) is 5.75 Å². The van der Waals surface area contributed by atoms with Gasteiger partial charge < -0.3 is 10.5 Å². The lowest BCUT2D eigenvalue weighted by molar-refractivity contribution is 0.406. The molecule has 2 aromatic rings. The number of ether oxygens (including phenoxy) is 1. The number of nitrogens with two attached hydrogens (primary N) is 1. The number of pyridine rings is 1. The first-order valence-corrected chi connectivity index (χ1v) is 5.36. The van der Waals surface area contributed by atoms with Gasteiger partial charge in [0, 0.05) is 19.4 Å². The van der Waals surface area contributed by atoms with Crippen LogP contribution in [0.1, 0.15) is 22.9 Å². The van der Waals surface area contributed by atoms with Gasteiger partial charge in [0.1, 0.15) is 5.69 Å². The van der Waals surface area contributed by atoms with Crippen LogP contribution in [-0.2, 0) is 7.05 Å². The monoisotopic (exact) mass is 232 g/mol. The summed E-state index contributed by atoms with van der Waals surface area (Å²) < 4.78 is 6.98. The fraction of sp³-hybridized carbons (Fsp3) is 0.333. The Labute approximate surface area is 100 Å². The van der Waals surface area contributed by atoms with Crippen LogP contribution in [0.3, 0.4) is 0 Å². The molecular weight excluding hydrogens is 216 g/mol. The van der Waals surface area contributed by atoms with Crippen molar-refractivity contribution in [3.63, 3.8) is 0 Å². The van der Waals surface area contributed by atoms with E-state index in [2.05, 4.69) is 10.1 Å². The number of hydrogen-bond acceptors (Lipinski definition) is 4. The van der Waals surface area contributed by atoms with Crippen molar-refractivity contribution in [1.82, 2.24) is 14.8 Å². The summed E-state index contributed by atoms with van der Waals surface area (Å²) >= 11 is 0. The third-order valence-corrected chi connectivity index (χ3v) is 2.72. The molecule has 0 fully saturated rings. The first-order valence-electron chi connectivity index (χ1n) is 5.36. The van der Waals surface area contributed by atoms with Crippen molar-refractivity contribution in [2.75, 3.05) is 7.11 Å². The molecule has 0 aromatic carbocycles. The molecule has 0 spiro atoms. The van der Waals surface area contributed by atoms with Gasteiger partial charge in [-0.15, -0.1) is 0 Å². The predicted molar refractivity (Wildman–Crippen MR) is 64.8 cm³/mol. The standard InChI is InChI=1S/C12H16N4O/c1-8-4-9(6-14-5-8)11(13)12-10(17-3)7-15-16(12)2/h4-7,11H,13H2,1-3H3. The number of methoxy groups -OCH3 is 1. The van der Waals surface area contributed by atoms with Crippen molar-refractivity contribution in [1.29, 1.82) is 0 Å². The summed E-state index contributed by atoms with van der Waals surface area (Å²) in [6.45, 7) is 1.99. The Bertz CT molecular complexity index is 521. The van der Waals surface area contributed by atoms with Gasteiger partial charge >= 0.3 is 0 Å². The molecule has 5 heteroatoms. The molecule has 0 aliphatic carbocycles. The van der Waals surface area contributed by atoms with E-state index in [0.717, 1.165) is 16.8 Å². The molecule has 2 N–H and O–H groups in total. The second-order valence-corrected chi connectivity index (χ2v) is 4.00. The van der Waals surface area contributed by atoms with E-state index in [0.29, 0.717) is 5.75 Å². The molecule has 0 aliphatic heterocycles. The molecule has 2 aromatic heterocycles. The van der Waals surface area contributed by atoms with Gasteiger partial charge in [-0.1, -0.05) is 6.07 Å². The fourth-order valence-corrected chi connectivity index (χ4v) is 1.84. The highest BCUT2D eigenvalue weighted by Gasteiger charge is 2.18. The SMILES string of the molecule is COc1cnn(C)c1C(N)c1cncc(C)c1. The number of nitrogens with zero attached hydrogens (tertiary/aromatic N) is 3. The van der Waals surface area contributed by atoms with E-state index in [1.165, 1.54) is 0 Å². The number of rotatable bonds is 3. The lowest BCUT2D eigenvalue weighted by Crippen LogP contribution is -2.17. The minimum atomic E-state index is -0.287. The zero-order chi connectivity index (χ0) is 12.4. The zero-order valence-electron chi connectivity index (χ0n) is 10.2. The van der Waals surface area contributed by atoms with Gasteiger partial charge in [0.25, 0.3) is 0 Å². The van der Waals surface area contributed by atoms with Gasteiger partial charge in [0.05, 0.1) is 19.3 Å². The summed E-state index contributed by atoms with van der Waals surface area (Å²) in [4.78, 5) is 4.15. The molecule has 0 saturated carbocycles. The fourth-order valence-electron chi connectivity index (χ4n) is 1.84. The normalized spacial score (nSPS) is 12.5. The quantitative estimate of drug-likeness (QED) is 0.863. The minimum absolute atomic E-state index is 0.287. The van der Waals surface area contributed by atoms with Gasteiger partial charge in [0.15, 0.2) is 5.75 Å². The van der Waals surface area contributed by atoms with Gasteiger partial charge in [0.2, 0.25) is 0 Å². The van der Waals surface area contributed by atoms with Gasteiger partial charge in [-0.3, -0.25) is 9.67 Å². The molecule has 17 heavy (non-hydrogen) atoms. The second kappa shape index (κ2) is 4.55. The predicted octanol–water partition coefficient (Wildman–Crippen LogP) is 1.18. The molecule has 0 aliphatic rings. The molecule has 2 heterocycles. The average Bonchev–Trinajstić information content (AvgIpc) is 2.69. The molecule has 1 unspecified atom stereocenters. The van der Waals surface area contributed by atoms with Gasteiger partial charge in [-0.25, -0.2) is 0 Å². The Morgan fingerprint density at radius 2 is 2.12 bits per heavy atom. The second-order valence-electron chi connectivity index (χ2n) is 4.00. The van der Waals surface area contributed by atoms with E-state index < -0.39 is 0 Å². The maximum absolute atomic E-state index is 6.23. The van der Waals surface area contributed by atoms with E-state index in [4.69, 9.17) is 10.5 Å². The van der Waals surface area contributed by atoms with Crippen molar-refractivity contribution in [3.05, 3.63) is 41.5 Å². The summed E-state index contributed by atoms with van der Waals surface area (Å²) in [6.07, 6.45) is 5.24. The van der Waals surface area contributed by atoms with Crippen molar-refractivity contribution >= 4 is 0 Å². The first kappa shape index (κ1) is 11.6. The van der Waals surface area contributed by atoms with Crippen LogP contribution < -0.4 is 10.5 Å². The van der Waals surface area contributed by atoms with E-state index in [1.54, 1.807) is 30.4 Å². The Hall–Kier alpha value is -1.88. The van der Waals surface area contributed by atoms with E-state index >= 15 is 0 Å². The van der Waals surface area contributed by atoms with Crippen LogP contribution >= 0.6 is 0 Å². The third kappa shape index (κ3) is 2.14. The van der Waals surface area contributed by atoms with Crippen LogP contribution in [0.25, 0.3) is 0 Å². The summed E-state index contributed by atoms with van der Waals surface area (Å²) in [5.41, 5.74) is 9.11. The Balaban J connectivity index is 2.43. The van der Waals surface area contributed by atoms with Crippen molar-refractivity contribution in [2.45, 2.75) is 13.0 Å². The molecule has 0 saturated heterocycles. The van der Waals surface area contributed by atoms with Crippen LogP contribution in [0.15, 0.2) is 24.7 Å². The summed E-state index contributed by atoms with van der Waals surface area (Å²) in [6, 6.07) is 1.73. The van der Waals surface area contributed by atoms with Crippen LogP contribution in [0.5, 0.6) is 5.75 Å². The molecule has 1 atom stereocenters. The Kier molecular flexibility index (Phi) is 3.10. The van der Waals surface area contributed by atoms with Crippen molar-refractivity contribution < 1.29 is 4.74 Å². The number of hydrogen-bond donors (Lipinski definition) is 1. The molecule has 2 rings (SSSR count). The largest absolute Gasteiger partial charge is 0.493 e. The topological polar surface area (TPSA) is 66.0 Å². The maximum Gasteiger partial charge on any atom is 0.161 e. The number of aromatic nitrogens is 3. The minimum Gasteiger partial charge on any atom is -0.493 e. The van der Waals surface area contributed by atoms with Crippen LogP contribution in [0.4, 0.5) is 0 Å². The van der Waals surface area contributed by atoms with Gasteiger partial charge in [-0.2, -0.15) is 5.10 Å². The molecule has 0 amide bonds. The van der Waals surface area contributed by atoms with Crippen LogP contribution in [0.2, 0.25) is 0 Å². The lowest BCUT2D eigenvalue weighted by atomic mass is 10.0. The Morgan fingerprint density at radius 3 is 2.76 bits per heavy atom. The molecular formula is C12H16N4O. The van der Waals surface area contributed by atoms with E-state index in [-0.39, 0.29) is 6.04 Å².